The van der Waals surface area contributed by atoms with Gasteiger partial charge in [0.1, 0.15) is 0 Å². The maximum absolute atomic E-state index is 12.2. The molecule has 1 rings (SSSR count). The van der Waals surface area contributed by atoms with E-state index in [0.29, 0.717) is 0 Å². The molecular weight excluding hydrogens is 235 g/mol. The zero-order valence-corrected chi connectivity index (χ0v) is 9.79. The quantitative estimate of drug-likeness (QED) is 0.756. The van der Waals surface area contributed by atoms with E-state index < -0.39 is 25.3 Å². The first-order chi connectivity index (χ1) is 7.92. The summed E-state index contributed by atoms with van der Waals surface area (Å²) in [6.45, 7) is -0.377. The molecule has 0 bridgehead atoms. The molecule has 1 saturated carbocycles. The van der Waals surface area contributed by atoms with Crippen LogP contribution in [0.2, 0.25) is 0 Å². The van der Waals surface area contributed by atoms with E-state index in [1.54, 1.807) is 4.90 Å². The topological polar surface area (TPSA) is 43.7 Å². The smallest absolute Gasteiger partial charge is 0.390 e. The average molecular weight is 255 g/mol. The highest BCUT2D eigenvalue weighted by Crippen LogP contribution is 2.26. The number of hydrogen-bond acceptors (Lipinski definition) is 3. The van der Waals surface area contributed by atoms with Crippen LogP contribution in [0.3, 0.4) is 0 Å². The van der Waals surface area contributed by atoms with E-state index in [0.717, 1.165) is 25.7 Å². The molecule has 3 nitrogen and oxygen atoms in total. The van der Waals surface area contributed by atoms with Gasteiger partial charge in [-0.05, 0) is 12.8 Å². The number of halogens is 3. The van der Waals surface area contributed by atoms with Crippen molar-refractivity contribution in [1.82, 2.24) is 4.90 Å². The summed E-state index contributed by atoms with van der Waals surface area (Å²) in [6.07, 6.45) is -2.15. The minimum atomic E-state index is -4.17. The van der Waals surface area contributed by atoms with Crippen LogP contribution in [0.15, 0.2) is 0 Å². The first kappa shape index (κ1) is 14.7. The highest BCUT2D eigenvalue weighted by molar-refractivity contribution is 4.79. The van der Waals surface area contributed by atoms with Gasteiger partial charge in [0.2, 0.25) is 0 Å². The van der Waals surface area contributed by atoms with Crippen LogP contribution in [-0.2, 0) is 0 Å². The van der Waals surface area contributed by atoms with Crippen LogP contribution in [0.25, 0.3) is 0 Å². The molecule has 0 radical (unpaired) electrons. The fraction of sp³-hybridized carbons (Fsp3) is 1.00. The molecule has 1 atom stereocenters. The third kappa shape index (κ3) is 5.70. The maximum Gasteiger partial charge on any atom is 0.390 e. The Balaban J connectivity index is 2.46. The van der Waals surface area contributed by atoms with Crippen molar-refractivity contribution in [1.29, 1.82) is 0 Å². The second-order valence-electron chi connectivity index (χ2n) is 4.63. The van der Waals surface area contributed by atoms with E-state index in [4.69, 9.17) is 5.11 Å². The minimum absolute atomic E-state index is 0.0920. The Morgan fingerprint density at radius 2 is 1.82 bits per heavy atom. The van der Waals surface area contributed by atoms with Crippen molar-refractivity contribution in [2.45, 2.75) is 50.4 Å². The SMILES string of the molecule is OC[C@@H](O)CN(CCC(F)(F)F)C1CCCC1. The summed E-state index contributed by atoms with van der Waals surface area (Å²) in [5.41, 5.74) is 0. The first-order valence-electron chi connectivity index (χ1n) is 6.02. The largest absolute Gasteiger partial charge is 0.394 e. The van der Waals surface area contributed by atoms with Crippen LogP contribution in [0.4, 0.5) is 13.2 Å². The standard InChI is InChI=1S/C11H20F3NO2/c12-11(13,14)5-6-15(7-10(17)8-16)9-3-1-2-4-9/h9-10,16-17H,1-8H2/t10-/m0/s1. The van der Waals surface area contributed by atoms with Gasteiger partial charge in [-0.1, -0.05) is 12.8 Å². The monoisotopic (exact) mass is 255 g/mol. The van der Waals surface area contributed by atoms with Crippen molar-refractivity contribution in [3.8, 4) is 0 Å². The third-order valence-electron chi connectivity index (χ3n) is 3.18. The summed E-state index contributed by atoms with van der Waals surface area (Å²) in [7, 11) is 0. The van der Waals surface area contributed by atoms with Crippen molar-refractivity contribution in [3.05, 3.63) is 0 Å². The van der Waals surface area contributed by atoms with Gasteiger partial charge in [0.25, 0.3) is 0 Å². The zero-order valence-electron chi connectivity index (χ0n) is 9.79. The van der Waals surface area contributed by atoms with Gasteiger partial charge in [-0.2, -0.15) is 13.2 Å². The third-order valence-corrected chi connectivity index (χ3v) is 3.18. The molecule has 1 fully saturated rings. The van der Waals surface area contributed by atoms with Gasteiger partial charge in [-0.15, -0.1) is 0 Å². The maximum atomic E-state index is 12.2. The van der Waals surface area contributed by atoms with E-state index in [1.807, 2.05) is 0 Å². The van der Waals surface area contributed by atoms with Crippen LogP contribution >= 0.6 is 0 Å². The van der Waals surface area contributed by atoms with Gasteiger partial charge in [0.05, 0.1) is 19.1 Å². The number of alkyl halides is 3. The lowest BCUT2D eigenvalue weighted by Gasteiger charge is -2.30. The average Bonchev–Trinajstić information content (AvgIpc) is 2.75. The number of nitrogens with zero attached hydrogens (tertiary/aromatic N) is 1. The molecule has 0 heterocycles. The molecule has 0 saturated heterocycles. The molecule has 0 aromatic carbocycles. The second kappa shape index (κ2) is 6.56. The predicted molar refractivity (Wildman–Crippen MR) is 57.6 cm³/mol. The Morgan fingerprint density at radius 1 is 1.24 bits per heavy atom. The van der Waals surface area contributed by atoms with Crippen LogP contribution in [0.1, 0.15) is 32.1 Å². The summed E-state index contributed by atoms with van der Waals surface area (Å²) >= 11 is 0. The van der Waals surface area contributed by atoms with Gasteiger partial charge in [-0.3, -0.25) is 4.90 Å². The molecule has 17 heavy (non-hydrogen) atoms. The molecule has 0 spiro atoms. The Morgan fingerprint density at radius 3 is 2.29 bits per heavy atom. The lowest BCUT2D eigenvalue weighted by atomic mass is 10.1. The van der Waals surface area contributed by atoms with Gasteiger partial charge < -0.3 is 10.2 Å². The summed E-state index contributed by atoms with van der Waals surface area (Å²) in [4.78, 5) is 1.67. The van der Waals surface area contributed by atoms with Gasteiger partial charge in [-0.25, -0.2) is 0 Å². The molecule has 0 amide bonds. The van der Waals surface area contributed by atoms with Crippen molar-refractivity contribution >= 4 is 0 Å². The van der Waals surface area contributed by atoms with E-state index >= 15 is 0 Å². The molecule has 0 aromatic heterocycles. The predicted octanol–water partition coefficient (Wildman–Crippen LogP) is 1.54. The Kier molecular flexibility index (Phi) is 5.69. The molecular formula is C11H20F3NO2. The van der Waals surface area contributed by atoms with Crippen LogP contribution in [0.5, 0.6) is 0 Å². The van der Waals surface area contributed by atoms with Crippen molar-refractivity contribution < 1.29 is 23.4 Å². The van der Waals surface area contributed by atoms with E-state index in [-0.39, 0.29) is 19.1 Å². The van der Waals surface area contributed by atoms with Crippen LogP contribution in [0, 0.1) is 0 Å². The molecule has 102 valence electrons. The summed E-state index contributed by atoms with van der Waals surface area (Å²) in [5, 5.41) is 18.1. The van der Waals surface area contributed by atoms with E-state index in [9.17, 15) is 18.3 Å². The number of hydrogen-bond donors (Lipinski definition) is 2. The van der Waals surface area contributed by atoms with Gasteiger partial charge in [0, 0.05) is 19.1 Å². The summed E-state index contributed by atoms with van der Waals surface area (Å²) in [6, 6.07) is 0.124. The van der Waals surface area contributed by atoms with Crippen molar-refractivity contribution in [3.63, 3.8) is 0 Å². The molecule has 1 aliphatic carbocycles. The summed E-state index contributed by atoms with van der Waals surface area (Å²) in [5.74, 6) is 0. The first-order valence-corrected chi connectivity index (χ1v) is 6.02. The normalized spacial score (nSPS) is 20.1. The van der Waals surface area contributed by atoms with E-state index in [1.165, 1.54) is 0 Å². The zero-order chi connectivity index (χ0) is 12.9. The Bertz CT molecular complexity index is 217. The molecule has 0 aromatic rings. The number of rotatable bonds is 6. The van der Waals surface area contributed by atoms with Gasteiger partial charge >= 0.3 is 6.18 Å². The molecule has 0 aliphatic heterocycles. The van der Waals surface area contributed by atoms with Gasteiger partial charge in [0.15, 0.2) is 0 Å². The molecule has 6 heteroatoms. The van der Waals surface area contributed by atoms with Crippen molar-refractivity contribution in [2.75, 3.05) is 19.7 Å². The summed E-state index contributed by atoms with van der Waals surface area (Å²) < 4.78 is 36.6. The number of aliphatic hydroxyl groups is 2. The van der Waals surface area contributed by atoms with Crippen molar-refractivity contribution in [2.24, 2.45) is 0 Å². The lowest BCUT2D eigenvalue weighted by Crippen LogP contribution is -2.42. The Labute approximate surface area is 99.2 Å². The fourth-order valence-electron chi connectivity index (χ4n) is 2.29. The highest BCUT2D eigenvalue weighted by atomic mass is 19.4. The molecule has 2 N–H and O–H groups in total. The Hall–Kier alpha value is -0.330. The fourth-order valence-corrected chi connectivity index (χ4v) is 2.29. The lowest BCUT2D eigenvalue weighted by molar-refractivity contribution is -0.140. The molecule has 1 aliphatic rings. The van der Waals surface area contributed by atoms with E-state index in [2.05, 4.69) is 0 Å². The van der Waals surface area contributed by atoms with Crippen LogP contribution in [-0.4, -0.2) is 53.1 Å². The second-order valence-corrected chi connectivity index (χ2v) is 4.63. The molecule has 0 unspecified atom stereocenters. The number of aliphatic hydroxyl groups excluding tert-OH is 2. The highest BCUT2D eigenvalue weighted by Gasteiger charge is 2.31. The minimum Gasteiger partial charge on any atom is -0.394 e. The van der Waals surface area contributed by atoms with Crippen LogP contribution < -0.4 is 0 Å².